The molecule has 20 heavy (non-hydrogen) atoms. The van der Waals surface area contributed by atoms with Crippen molar-refractivity contribution in [1.82, 2.24) is 4.72 Å². The highest BCUT2D eigenvalue weighted by molar-refractivity contribution is 8.06. The van der Waals surface area contributed by atoms with Crippen molar-refractivity contribution >= 4 is 25.8 Å². The van der Waals surface area contributed by atoms with Crippen LogP contribution in [0.3, 0.4) is 0 Å². The standard InChI is InChI=1S/C11H23NO6S2/c1-9(2)10(4-5-11(13)14)6-7-12-20(17,18)8-19(3,15)16/h9-10,12H,4-8H2,1-3H3,(H,13,14). The molecule has 7 nitrogen and oxygen atoms in total. The fourth-order valence-electron chi connectivity index (χ4n) is 1.84. The second-order valence-corrected chi connectivity index (χ2v) is 9.59. The Hall–Kier alpha value is -0.670. The van der Waals surface area contributed by atoms with Gasteiger partial charge in [-0.25, -0.2) is 21.6 Å². The fourth-order valence-corrected chi connectivity index (χ4v) is 4.86. The fraction of sp³-hybridized carbons (Fsp3) is 0.909. The molecule has 1 unspecified atom stereocenters. The molecule has 0 radical (unpaired) electrons. The molecule has 0 aliphatic rings. The Kier molecular flexibility index (Phi) is 7.67. The largest absolute Gasteiger partial charge is 0.481 e. The Morgan fingerprint density at radius 3 is 2.10 bits per heavy atom. The van der Waals surface area contributed by atoms with Gasteiger partial charge in [0.2, 0.25) is 10.0 Å². The summed E-state index contributed by atoms with van der Waals surface area (Å²) in [5, 5.41) is 7.72. The third-order valence-electron chi connectivity index (χ3n) is 2.88. The number of carboxylic acid groups (broad SMARTS) is 1. The maximum absolute atomic E-state index is 11.5. The average molecular weight is 329 g/mol. The second-order valence-electron chi connectivity index (χ2n) is 5.28. The summed E-state index contributed by atoms with van der Waals surface area (Å²) in [6.07, 6.45) is 1.85. The van der Waals surface area contributed by atoms with Crippen LogP contribution in [0.25, 0.3) is 0 Å². The van der Waals surface area contributed by atoms with Gasteiger partial charge in [-0.15, -0.1) is 0 Å². The molecule has 0 saturated carbocycles. The lowest BCUT2D eigenvalue weighted by Gasteiger charge is -2.20. The maximum Gasteiger partial charge on any atom is 0.303 e. The van der Waals surface area contributed by atoms with E-state index >= 15 is 0 Å². The number of sulfonamides is 1. The van der Waals surface area contributed by atoms with Crippen LogP contribution >= 0.6 is 0 Å². The Morgan fingerprint density at radius 1 is 1.15 bits per heavy atom. The van der Waals surface area contributed by atoms with E-state index < -0.39 is 30.9 Å². The quantitative estimate of drug-likeness (QED) is 0.600. The molecule has 9 heteroatoms. The smallest absolute Gasteiger partial charge is 0.303 e. The molecule has 0 rings (SSSR count). The van der Waals surface area contributed by atoms with Gasteiger partial charge < -0.3 is 5.11 Å². The van der Waals surface area contributed by atoms with E-state index in [0.29, 0.717) is 12.8 Å². The van der Waals surface area contributed by atoms with Gasteiger partial charge in [-0.2, -0.15) is 0 Å². The summed E-state index contributed by atoms with van der Waals surface area (Å²) in [5.41, 5.74) is 0. The summed E-state index contributed by atoms with van der Waals surface area (Å²) in [6, 6.07) is 0. The first-order valence-electron chi connectivity index (χ1n) is 6.30. The van der Waals surface area contributed by atoms with E-state index in [9.17, 15) is 21.6 Å². The molecule has 0 heterocycles. The Labute approximate surface area is 120 Å². The molecule has 1 atom stereocenters. The van der Waals surface area contributed by atoms with E-state index in [2.05, 4.69) is 4.72 Å². The number of rotatable bonds is 10. The summed E-state index contributed by atoms with van der Waals surface area (Å²) < 4.78 is 47.1. The highest BCUT2D eigenvalue weighted by Crippen LogP contribution is 2.20. The van der Waals surface area contributed by atoms with Gasteiger partial charge in [0, 0.05) is 19.2 Å². The number of hydrogen-bond donors (Lipinski definition) is 2. The van der Waals surface area contributed by atoms with Crippen molar-refractivity contribution in [2.45, 2.75) is 33.1 Å². The van der Waals surface area contributed by atoms with E-state index in [4.69, 9.17) is 5.11 Å². The third-order valence-corrected chi connectivity index (χ3v) is 6.48. The molecule has 0 spiro atoms. The topological polar surface area (TPSA) is 118 Å². The van der Waals surface area contributed by atoms with Crippen LogP contribution in [-0.2, 0) is 24.7 Å². The number of carboxylic acids is 1. The van der Waals surface area contributed by atoms with Crippen LogP contribution in [0, 0.1) is 11.8 Å². The lowest BCUT2D eigenvalue weighted by Crippen LogP contribution is -2.32. The molecule has 0 aliphatic carbocycles. The minimum atomic E-state index is -3.85. The van der Waals surface area contributed by atoms with Crippen molar-refractivity contribution in [1.29, 1.82) is 0 Å². The predicted octanol–water partition coefficient (Wildman–Crippen LogP) is 0.435. The number of hydrogen-bond acceptors (Lipinski definition) is 5. The normalized spacial score (nSPS) is 14.4. The summed E-state index contributed by atoms with van der Waals surface area (Å²) in [4.78, 5) is 10.5. The number of carbonyl (C=O) groups is 1. The predicted molar refractivity (Wildman–Crippen MR) is 76.4 cm³/mol. The lowest BCUT2D eigenvalue weighted by atomic mass is 9.88. The van der Waals surface area contributed by atoms with Gasteiger partial charge in [-0.1, -0.05) is 13.8 Å². The first kappa shape index (κ1) is 19.3. The SMILES string of the molecule is CC(C)C(CCNS(=O)(=O)CS(C)(=O)=O)CCC(=O)O. The number of sulfone groups is 1. The molecule has 0 fully saturated rings. The maximum atomic E-state index is 11.5. The van der Waals surface area contributed by atoms with E-state index in [1.54, 1.807) is 0 Å². The van der Waals surface area contributed by atoms with Crippen molar-refractivity contribution in [2.24, 2.45) is 11.8 Å². The summed E-state index contributed by atoms with van der Waals surface area (Å²) in [7, 11) is -7.44. The summed E-state index contributed by atoms with van der Waals surface area (Å²) >= 11 is 0. The van der Waals surface area contributed by atoms with E-state index in [1.807, 2.05) is 13.8 Å². The summed E-state index contributed by atoms with van der Waals surface area (Å²) in [6.45, 7) is 4.00. The number of nitrogens with one attached hydrogen (secondary N) is 1. The molecular formula is C11H23NO6S2. The number of aliphatic carboxylic acids is 1. The van der Waals surface area contributed by atoms with Gasteiger partial charge in [0.25, 0.3) is 0 Å². The summed E-state index contributed by atoms with van der Waals surface area (Å²) in [5.74, 6) is -0.575. The second kappa shape index (κ2) is 7.94. The molecule has 120 valence electrons. The molecule has 0 saturated heterocycles. The monoisotopic (exact) mass is 329 g/mol. The van der Waals surface area contributed by atoms with Crippen LogP contribution in [0.1, 0.15) is 33.1 Å². The van der Waals surface area contributed by atoms with Crippen LogP contribution in [-0.4, -0.2) is 45.8 Å². The van der Waals surface area contributed by atoms with Crippen LogP contribution in [0.4, 0.5) is 0 Å². The first-order chi connectivity index (χ1) is 8.93. The third kappa shape index (κ3) is 10.2. The molecular weight excluding hydrogens is 306 g/mol. The van der Waals surface area contributed by atoms with E-state index in [0.717, 1.165) is 6.26 Å². The molecule has 2 N–H and O–H groups in total. The Bertz CT molecular complexity index is 509. The molecule has 0 aromatic rings. The van der Waals surface area contributed by atoms with Crippen molar-refractivity contribution in [3.63, 3.8) is 0 Å². The highest BCUT2D eigenvalue weighted by Gasteiger charge is 2.19. The van der Waals surface area contributed by atoms with Crippen LogP contribution in [0.15, 0.2) is 0 Å². The minimum Gasteiger partial charge on any atom is -0.481 e. The minimum absolute atomic E-state index is 0.0406. The van der Waals surface area contributed by atoms with Crippen molar-refractivity contribution in [3.05, 3.63) is 0 Å². The average Bonchev–Trinajstić information content (AvgIpc) is 2.18. The Balaban J connectivity index is 4.33. The van der Waals surface area contributed by atoms with Gasteiger partial charge in [0.1, 0.15) is 0 Å². The van der Waals surface area contributed by atoms with Crippen molar-refractivity contribution in [2.75, 3.05) is 17.9 Å². The van der Waals surface area contributed by atoms with Gasteiger partial charge in [-0.3, -0.25) is 4.79 Å². The zero-order chi connectivity index (χ0) is 16.0. The van der Waals surface area contributed by atoms with E-state index in [-0.39, 0.29) is 24.8 Å². The molecule has 0 aliphatic heterocycles. The van der Waals surface area contributed by atoms with Crippen LogP contribution in [0.2, 0.25) is 0 Å². The zero-order valence-electron chi connectivity index (χ0n) is 12.0. The first-order valence-corrected chi connectivity index (χ1v) is 10.0. The van der Waals surface area contributed by atoms with Gasteiger partial charge in [0.15, 0.2) is 14.9 Å². The van der Waals surface area contributed by atoms with Crippen LogP contribution < -0.4 is 4.72 Å². The lowest BCUT2D eigenvalue weighted by molar-refractivity contribution is -0.137. The van der Waals surface area contributed by atoms with Gasteiger partial charge in [0.05, 0.1) is 0 Å². The Morgan fingerprint density at radius 2 is 1.70 bits per heavy atom. The molecule has 0 amide bonds. The molecule has 0 aromatic heterocycles. The van der Waals surface area contributed by atoms with Gasteiger partial charge >= 0.3 is 5.97 Å². The van der Waals surface area contributed by atoms with Crippen LogP contribution in [0.5, 0.6) is 0 Å². The molecule has 0 aromatic carbocycles. The molecule has 0 bridgehead atoms. The zero-order valence-corrected chi connectivity index (χ0v) is 13.6. The van der Waals surface area contributed by atoms with Crippen molar-refractivity contribution < 1.29 is 26.7 Å². The highest BCUT2D eigenvalue weighted by atomic mass is 32.3. The van der Waals surface area contributed by atoms with Gasteiger partial charge in [-0.05, 0) is 24.7 Å². The van der Waals surface area contributed by atoms with E-state index in [1.165, 1.54) is 0 Å². The van der Waals surface area contributed by atoms with Crippen molar-refractivity contribution in [3.8, 4) is 0 Å².